The lowest BCUT2D eigenvalue weighted by atomic mass is 10.4. The Kier molecular flexibility index (Phi) is 1.79. The molecule has 2 aromatic heterocycles. The van der Waals surface area contributed by atoms with E-state index in [2.05, 4.69) is 15.2 Å². The van der Waals surface area contributed by atoms with Crippen LogP contribution in [0.15, 0.2) is 17.5 Å². The Bertz CT molecular complexity index is 354. The average molecular weight is 181 g/mol. The summed E-state index contributed by atoms with van der Waals surface area (Å²) >= 11 is 1.61. The number of methoxy groups -OCH3 is 1. The molecule has 5 heteroatoms. The lowest BCUT2D eigenvalue weighted by Gasteiger charge is -1.86. The predicted molar refractivity (Wildman–Crippen MR) is 46.2 cm³/mol. The Morgan fingerprint density at radius 3 is 3.08 bits per heavy atom. The van der Waals surface area contributed by atoms with E-state index in [0.717, 1.165) is 10.7 Å². The predicted octanol–water partition coefficient (Wildman–Crippen LogP) is 1.54. The first-order valence-corrected chi connectivity index (χ1v) is 4.28. The molecule has 0 aliphatic heterocycles. The van der Waals surface area contributed by atoms with E-state index in [0.29, 0.717) is 6.01 Å². The summed E-state index contributed by atoms with van der Waals surface area (Å²) in [4.78, 5) is 5.15. The van der Waals surface area contributed by atoms with Crippen molar-refractivity contribution in [2.24, 2.45) is 0 Å². The normalized spacial score (nSPS) is 10.1. The third kappa shape index (κ3) is 1.18. The highest BCUT2D eigenvalue weighted by atomic mass is 32.1. The number of hydrogen-bond acceptors (Lipinski definition) is 4. The van der Waals surface area contributed by atoms with Crippen LogP contribution in [0.3, 0.4) is 0 Å². The fraction of sp³-hybridized carbons (Fsp3) is 0.143. The molecule has 0 aliphatic rings. The zero-order chi connectivity index (χ0) is 8.39. The number of aromatic nitrogens is 3. The summed E-state index contributed by atoms with van der Waals surface area (Å²) in [5.74, 6) is 0.752. The van der Waals surface area contributed by atoms with Crippen molar-refractivity contribution in [3.63, 3.8) is 0 Å². The third-order valence-electron chi connectivity index (χ3n) is 1.40. The van der Waals surface area contributed by atoms with E-state index in [1.807, 2.05) is 17.5 Å². The van der Waals surface area contributed by atoms with E-state index in [1.165, 1.54) is 0 Å². The van der Waals surface area contributed by atoms with Crippen molar-refractivity contribution in [2.45, 2.75) is 0 Å². The lowest BCUT2D eigenvalue weighted by Crippen LogP contribution is -1.83. The van der Waals surface area contributed by atoms with Gasteiger partial charge in [0.1, 0.15) is 0 Å². The number of nitrogens with one attached hydrogen (secondary N) is 1. The molecular formula is C7H7N3OS. The van der Waals surface area contributed by atoms with Crippen molar-refractivity contribution in [2.75, 3.05) is 7.11 Å². The molecule has 0 bridgehead atoms. The Balaban J connectivity index is 2.35. The molecule has 12 heavy (non-hydrogen) atoms. The number of H-pyrrole nitrogens is 1. The van der Waals surface area contributed by atoms with E-state index in [4.69, 9.17) is 4.74 Å². The van der Waals surface area contributed by atoms with E-state index in [1.54, 1.807) is 18.4 Å². The standard InChI is InChI=1S/C7H7N3OS/c1-11-7-8-6(9-10-7)5-3-2-4-12-5/h2-4H,1H3,(H,8,9,10). The largest absolute Gasteiger partial charge is 0.466 e. The van der Waals surface area contributed by atoms with Gasteiger partial charge < -0.3 is 4.74 Å². The van der Waals surface area contributed by atoms with Crippen molar-refractivity contribution in [3.8, 4) is 16.7 Å². The Morgan fingerprint density at radius 1 is 1.58 bits per heavy atom. The molecule has 2 rings (SSSR count). The van der Waals surface area contributed by atoms with Crippen LogP contribution in [0.2, 0.25) is 0 Å². The molecule has 0 unspecified atom stereocenters. The molecule has 0 fully saturated rings. The quantitative estimate of drug-likeness (QED) is 0.764. The fourth-order valence-corrected chi connectivity index (χ4v) is 1.52. The topological polar surface area (TPSA) is 50.8 Å². The summed E-state index contributed by atoms with van der Waals surface area (Å²) in [5.41, 5.74) is 0. The molecule has 0 atom stereocenters. The molecule has 4 nitrogen and oxygen atoms in total. The van der Waals surface area contributed by atoms with Crippen LogP contribution >= 0.6 is 11.3 Å². The molecule has 0 spiro atoms. The molecule has 2 heterocycles. The van der Waals surface area contributed by atoms with Gasteiger partial charge in [-0.15, -0.1) is 16.4 Å². The van der Waals surface area contributed by atoms with Crippen molar-refractivity contribution in [1.29, 1.82) is 0 Å². The van der Waals surface area contributed by atoms with Crippen LogP contribution < -0.4 is 4.74 Å². The molecular weight excluding hydrogens is 174 g/mol. The number of rotatable bonds is 2. The molecule has 62 valence electrons. The van der Waals surface area contributed by atoms with E-state index < -0.39 is 0 Å². The average Bonchev–Trinajstić information content (AvgIpc) is 2.75. The highest BCUT2D eigenvalue weighted by molar-refractivity contribution is 7.13. The maximum Gasteiger partial charge on any atom is 0.335 e. The second-order valence-electron chi connectivity index (χ2n) is 2.15. The van der Waals surface area contributed by atoms with Crippen LogP contribution in [0.5, 0.6) is 6.01 Å². The molecule has 0 aromatic carbocycles. The molecule has 0 amide bonds. The number of aromatic amines is 1. The molecule has 1 N–H and O–H groups in total. The summed E-state index contributed by atoms with van der Waals surface area (Å²) in [6.07, 6.45) is 0. The zero-order valence-corrected chi connectivity index (χ0v) is 7.26. The SMILES string of the molecule is COc1n[nH]c(-c2cccs2)n1. The van der Waals surface area contributed by atoms with Gasteiger partial charge in [0.25, 0.3) is 0 Å². The Morgan fingerprint density at radius 2 is 2.50 bits per heavy atom. The zero-order valence-electron chi connectivity index (χ0n) is 6.44. The van der Waals surface area contributed by atoms with Gasteiger partial charge in [-0.1, -0.05) is 6.07 Å². The van der Waals surface area contributed by atoms with Crippen LogP contribution in [0.1, 0.15) is 0 Å². The van der Waals surface area contributed by atoms with Gasteiger partial charge in [-0.25, -0.2) is 0 Å². The van der Waals surface area contributed by atoms with E-state index in [-0.39, 0.29) is 0 Å². The summed E-state index contributed by atoms with van der Waals surface area (Å²) in [5, 5.41) is 8.61. The smallest absolute Gasteiger partial charge is 0.335 e. The van der Waals surface area contributed by atoms with Crippen molar-refractivity contribution in [1.82, 2.24) is 15.2 Å². The van der Waals surface area contributed by atoms with Crippen LogP contribution in [-0.2, 0) is 0 Å². The second kappa shape index (κ2) is 2.94. The number of nitrogens with zero attached hydrogens (tertiary/aromatic N) is 2. The summed E-state index contributed by atoms with van der Waals surface area (Å²) in [6.45, 7) is 0. The van der Waals surface area contributed by atoms with Crippen LogP contribution in [0.25, 0.3) is 10.7 Å². The van der Waals surface area contributed by atoms with Gasteiger partial charge >= 0.3 is 6.01 Å². The van der Waals surface area contributed by atoms with Gasteiger partial charge in [-0.3, -0.25) is 5.10 Å². The van der Waals surface area contributed by atoms with Crippen molar-refractivity contribution in [3.05, 3.63) is 17.5 Å². The molecule has 0 saturated heterocycles. The van der Waals surface area contributed by atoms with E-state index in [9.17, 15) is 0 Å². The van der Waals surface area contributed by atoms with Crippen LogP contribution in [0.4, 0.5) is 0 Å². The van der Waals surface area contributed by atoms with Gasteiger partial charge in [-0.05, 0) is 11.4 Å². The van der Waals surface area contributed by atoms with E-state index >= 15 is 0 Å². The molecule has 2 aromatic rings. The lowest BCUT2D eigenvalue weighted by molar-refractivity contribution is 0.382. The second-order valence-corrected chi connectivity index (χ2v) is 3.10. The summed E-state index contributed by atoms with van der Waals surface area (Å²) in [7, 11) is 1.54. The number of thiophene rings is 1. The molecule has 0 aliphatic carbocycles. The minimum absolute atomic E-state index is 0.374. The minimum Gasteiger partial charge on any atom is -0.466 e. The maximum absolute atomic E-state index is 4.84. The Hall–Kier alpha value is -1.36. The maximum atomic E-state index is 4.84. The van der Waals surface area contributed by atoms with Crippen molar-refractivity contribution < 1.29 is 4.74 Å². The fourth-order valence-electron chi connectivity index (χ4n) is 0.861. The van der Waals surface area contributed by atoms with Gasteiger partial charge in [0, 0.05) is 0 Å². The number of hydrogen-bond donors (Lipinski definition) is 1. The minimum atomic E-state index is 0.374. The monoisotopic (exact) mass is 181 g/mol. The number of ether oxygens (including phenoxy) is 1. The van der Waals surface area contributed by atoms with Gasteiger partial charge in [0.15, 0.2) is 5.82 Å². The Labute approximate surface area is 73.2 Å². The first-order valence-electron chi connectivity index (χ1n) is 3.40. The highest BCUT2D eigenvalue weighted by Gasteiger charge is 2.04. The molecule has 0 saturated carbocycles. The summed E-state index contributed by atoms with van der Waals surface area (Å²) < 4.78 is 4.84. The van der Waals surface area contributed by atoms with Crippen molar-refractivity contribution >= 4 is 11.3 Å². The van der Waals surface area contributed by atoms with Crippen LogP contribution in [0, 0.1) is 0 Å². The third-order valence-corrected chi connectivity index (χ3v) is 2.28. The van der Waals surface area contributed by atoms with Gasteiger partial charge in [0.05, 0.1) is 12.0 Å². The first-order chi connectivity index (χ1) is 5.90. The summed E-state index contributed by atoms with van der Waals surface area (Å²) in [6, 6.07) is 4.32. The molecule has 0 radical (unpaired) electrons. The van der Waals surface area contributed by atoms with Gasteiger partial charge in [-0.2, -0.15) is 4.98 Å². The highest BCUT2D eigenvalue weighted by Crippen LogP contribution is 2.21. The van der Waals surface area contributed by atoms with Gasteiger partial charge in [0.2, 0.25) is 0 Å². The first kappa shape index (κ1) is 7.30. The van der Waals surface area contributed by atoms with Crippen LogP contribution in [-0.4, -0.2) is 22.3 Å².